The smallest absolute Gasteiger partial charge is 0.270 e. The second kappa shape index (κ2) is 5.02. The summed E-state index contributed by atoms with van der Waals surface area (Å²) in [6.07, 6.45) is 1.64. The normalized spacial score (nSPS) is 10.9. The van der Waals surface area contributed by atoms with Crippen LogP contribution in [-0.2, 0) is 6.54 Å². The Hall–Kier alpha value is -2.67. The number of carbonyl (C=O) groups excluding carboxylic acids is 1. The Kier molecular flexibility index (Phi) is 3.19. The van der Waals surface area contributed by atoms with Gasteiger partial charge in [0.2, 0.25) is 0 Å². The first-order chi connectivity index (χ1) is 10.1. The average Bonchev–Trinajstić information content (AvgIpc) is 2.76. The number of primary amides is 1. The molecule has 1 aromatic carbocycles. The van der Waals surface area contributed by atoms with E-state index in [1.54, 1.807) is 28.4 Å². The van der Waals surface area contributed by atoms with Crippen molar-refractivity contribution in [3.8, 4) is 5.75 Å². The molecule has 2 heterocycles. The van der Waals surface area contributed by atoms with Crippen LogP contribution in [0.5, 0.6) is 5.75 Å². The van der Waals surface area contributed by atoms with Gasteiger partial charge in [0.25, 0.3) is 11.5 Å². The summed E-state index contributed by atoms with van der Waals surface area (Å²) in [5.74, 6) is -0.880. The van der Waals surface area contributed by atoms with E-state index >= 15 is 0 Å². The molecule has 0 saturated carbocycles. The topological polar surface area (TPSA) is 98.2 Å². The maximum atomic E-state index is 12.2. The highest BCUT2D eigenvalue weighted by molar-refractivity contribution is 7.13. The summed E-state index contributed by atoms with van der Waals surface area (Å²) >= 11 is 1.25. The van der Waals surface area contributed by atoms with Crippen LogP contribution < -0.4 is 11.3 Å². The zero-order valence-corrected chi connectivity index (χ0v) is 11.6. The van der Waals surface area contributed by atoms with Crippen molar-refractivity contribution in [2.24, 2.45) is 5.73 Å². The van der Waals surface area contributed by atoms with E-state index in [2.05, 4.69) is 4.98 Å². The van der Waals surface area contributed by atoms with E-state index in [0.29, 0.717) is 22.3 Å². The summed E-state index contributed by atoms with van der Waals surface area (Å²) in [6, 6.07) is 7.98. The van der Waals surface area contributed by atoms with E-state index < -0.39 is 5.91 Å². The summed E-state index contributed by atoms with van der Waals surface area (Å²) in [6.45, 7) is 0.298. The van der Waals surface area contributed by atoms with Crippen molar-refractivity contribution in [2.75, 3.05) is 0 Å². The van der Waals surface area contributed by atoms with E-state index in [1.165, 1.54) is 23.7 Å². The lowest BCUT2D eigenvalue weighted by Gasteiger charge is -2.04. The number of aromatic nitrogens is 2. The fourth-order valence-electron chi connectivity index (χ4n) is 2.06. The molecule has 0 aliphatic heterocycles. The van der Waals surface area contributed by atoms with Crippen LogP contribution in [0.15, 0.2) is 41.3 Å². The fourth-order valence-corrected chi connectivity index (χ4v) is 3.03. The van der Waals surface area contributed by atoms with Crippen LogP contribution in [0, 0.1) is 0 Å². The predicted molar refractivity (Wildman–Crippen MR) is 79.6 cm³/mol. The lowest BCUT2D eigenvalue weighted by atomic mass is 10.1. The maximum Gasteiger partial charge on any atom is 0.270 e. The van der Waals surface area contributed by atoms with E-state index in [0.717, 1.165) is 0 Å². The van der Waals surface area contributed by atoms with Gasteiger partial charge in [0.1, 0.15) is 10.6 Å². The first-order valence-corrected chi connectivity index (χ1v) is 6.90. The zero-order chi connectivity index (χ0) is 15.0. The number of hydrogen-bond donors (Lipinski definition) is 2. The molecule has 3 N–H and O–H groups in total. The molecule has 7 heteroatoms. The molecule has 0 aliphatic rings. The van der Waals surface area contributed by atoms with Gasteiger partial charge in [-0.05, 0) is 41.4 Å². The Labute approximate surface area is 123 Å². The Balaban J connectivity index is 1.99. The number of aromatic hydroxyl groups is 1. The van der Waals surface area contributed by atoms with Crippen LogP contribution in [0.2, 0.25) is 0 Å². The van der Waals surface area contributed by atoms with Gasteiger partial charge in [0.15, 0.2) is 0 Å². The Bertz CT molecular complexity index is 898. The van der Waals surface area contributed by atoms with Gasteiger partial charge >= 0.3 is 0 Å². The summed E-state index contributed by atoms with van der Waals surface area (Å²) in [4.78, 5) is 28.1. The van der Waals surface area contributed by atoms with Gasteiger partial charge < -0.3 is 10.8 Å². The first-order valence-electron chi connectivity index (χ1n) is 6.13. The minimum absolute atomic E-state index is 0.0594. The second-order valence-corrected chi connectivity index (χ2v) is 5.51. The summed E-state index contributed by atoms with van der Waals surface area (Å²) in [5.41, 5.74) is 5.77. The van der Waals surface area contributed by atoms with E-state index in [4.69, 9.17) is 5.73 Å². The summed E-state index contributed by atoms with van der Waals surface area (Å²) in [7, 11) is 0. The lowest BCUT2D eigenvalue weighted by Crippen LogP contribution is -2.14. The minimum Gasteiger partial charge on any atom is -0.507 e. The number of amides is 1. The van der Waals surface area contributed by atoms with Crippen molar-refractivity contribution in [2.45, 2.75) is 6.54 Å². The maximum absolute atomic E-state index is 12.2. The van der Waals surface area contributed by atoms with Crippen molar-refractivity contribution >= 4 is 27.7 Å². The largest absolute Gasteiger partial charge is 0.507 e. The third-order valence-electron chi connectivity index (χ3n) is 3.08. The number of carbonyl (C=O) groups is 1. The van der Waals surface area contributed by atoms with Gasteiger partial charge in [-0.25, -0.2) is 4.98 Å². The predicted octanol–water partition coefficient (Wildman–Crippen LogP) is 1.31. The standard InChI is InChI=1S/C14H11N3O3S/c15-12(19)9-4-3-8(6-11(9)18)7-17-14(20)10-2-1-5-16-13(10)21-17/h1-6,18H,7H2,(H2,15,19). The van der Waals surface area contributed by atoms with Gasteiger partial charge in [0.05, 0.1) is 17.5 Å². The number of benzene rings is 1. The number of nitrogens with zero attached hydrogens (tertiary/aromatic N) is 2. The average molecular weight is 301 g/mol. The fraction of sp³-hybridized carbons (Fsp3) is 0.0714. The SMILES string of the molecule is NC(=O)c1ccc(Cn2sc3ncccc3c2=O)cc1O. The van der Waals surface area contributed by atoms with Crippen LogP contribution in [-0.4, -0.2) is 20.0 Å². The van der Waals surface area contributed by atoms with Crippen molar-refractivity contribution in [1.82, 2.24) is 8.94 Å². The molecule has 106 valence electrons. The number of rotatable bonds is 3. The first kappa shape index (κ1) is 13.3. The van der Waals surface area contributed by atoms with E-state index in [1.807, 2.05) is 0 Å². The number of hydrogen-bond acceptors (Lipinski definition) is 5. The molecule has 2 aromatic heterocycles. The van der Waals surface area contributed by atoms with Crippen molar-refractivity contribution in [3.05, 3.63) is 58.0 Å². The van der Waals surface area contributed by atoms with Gasteiger partial charge in [-0.2, -0.15) is 0 Å². The molecule has 3 aromatic rings. The van der Waals surface area contributed by atoms with E-state index in [-0.39, 0.29) is 16.9 Å². The Morgan fingerprint density at radius 3 is 2.86 bits per heavy atom. The minimum atomic E-state index is -0.692. The van der Waals surface area contributed by atoms with Crippen LogP contribution >= 0.6 is 11.5 Å². The van der Waals surface area contributed by atoms with Crippen LogP contribution in [0.25, 0.3) is 10.2 Å². The monoisotopic (exact) mass is 301 g/mol. The lowest BCUT2D eigenvalue weighted by molar-refractivity contribution is 0.0998. The molecule has 0 radical (unpaired) electrons. The quantitative estimate of drug-likeness (QED) is 0.762. The van der Waals surface area contributed by atoms with Gasteiger partial charge in [0, 0.05) is 6.20 Å². The van der Waals surface area contributed by atoms with Crippen LogP contribution in [0.4, 0.5) is 0 Å². The Morgan fingerprint density at radius 1 is 1.38 bits per heavy atom. The highest BCUT2D eigenvalue weighted by atomic mass is 32.1. The third-order valence-corrected chi connectivity index (χ3v) is 4.09. The van der Waals surface area contributed by atoms with E-state index in [9.17, 15) is 14.7 Å². The molecule has 1 amide bonds. The zero-order valence-electron chi connectivity index (χ0n) is 10.8. The molecular formula is C14H11N3O3S. The Morgan fingerprint density at radius 2 is 2.19 bits per heavy atom. The van der Waals surface area contributed by atoms with Crippen LogP contribution in [0.1, 0.15) is 15.9 Å². The molecular weight excluding hydrogens is 290 g/mol. The van der Waals surface area contributed by atoms with Gasteiger partial charge in [-0.3, -0.25) is 13.5 Å². The molecule has 0 atom stereocenters. The molecule has 6 nitrogen and oxygen atoms in total. The number of phenols is 1. The molecule has 0 fully saturated rings. The highest BCUT2D eigenvalue weighted by Gasteiger charge is 2.11. The molecule has 0 aliphatic carbocycles. The number of pyridine rings is 1. The number of fused-ring (bicyclic) bond motifs is 1. The third kappa shape index (κ3) is 2.38. The molecule has 0 unspecified atom stereocenters. The summed E-state index contributed by atoms with van der Waals surface area (Å²) < 4.78 is 1.55. The van der Waals surface area contributed by atoms with Crippen molar-refractivity contribution in [3.63, 3.8) is 0 Å². The number of nitrogens with two attached hydrogens (primary N) is 1. The molecule has 3 rings (SSSR count). The van der Waals surface area contributed by atoms with Crippen molar-refractivity contribution < 1.29 is 9.90 Å². The molecule has 0 saturated heterocycles. The molecule has 0 bridgehead atoms. The van der Waals surface area contributed by atoms with Crippen molar-refractivity contribution in [1.29, 1.82) is 0 Å². The molecule has 21 heavy (non-hydrogen) atoms. The highest BCUT2D eigenvalue weighted by Crippen LogP contribution is 2.20. The summed E-state index contributed by atoms with van der Waals surface area (Å²) in [5, 5.41) is 10.3. The van der Waals surface area contributed by atoms with Crippen LogP contribution in [0.3, 0.4) is 0 Å². The molecule has 0 spiro atoms. The second-order valence-electron chi connectivity index (χ2n) is 4.50. The van der Waals surface area contributed by atoms with Gasteiger partial charge in [-0.15, -0.1) is 0 Å². The van der Waals surface area contributed by atoms with Gasteiger partial charge in [-0.1, -0.05) is 6.07 Å².